The fourth-order valence-corrected chi connectivity index (χ4v) is 1.39. The Morgan fingerprint density at radius 2 is 2.13 bits per heavy atom. The number of nitrogens with zero attached hydrogens (tertiary/aromatic N) is 1. The predicted molar refractivity (Wildman–Crippen MR) is 65.9 cm³/mol. The molecule has 1 aromatic rings. The van der Waals surface area contributed by atoms with Crippen LogP contribution < -0.4 is 4.72 Å². The minimum absolute atomic E-state index is 0.679. The van der Waals surface area contributed by atoms with E-state index in [0.29, 0.717) is 5.56 Å². The molecule has 1 aromatic heterocycles. The zero-order chi connectivity index (χ0) is 11.8. The molecule has 0 bridgehead atoms. The molecule has 15 heavy (non-hydrogen) atoms. The first-order valence-corrected chi connectivity index (χ1v) is 6.22. The topological polar surface area (TPSA) is 42.0 Å². The molecule has 0 spiro atoms. The van der Waals surface area contributed by atoms with Crippen molar-refractivity contribution in [3.63, 3.8) is 0 Å². The summed E-state index contributed by atoms with van der Waals surface area (Å²) in [5.41, 5.74) is 2.18. The van der Waals surface area contributed by atoms with Gasteiger partial charge in [0.25, 0.3) is 0 Å². The highest BCUT2D eigenvalue weighted by molar-refractivity contribution is 7.85. The number of hydrogen-bond acceptors (Lipinski definition) is 2. The Bertz CT molecular complexity index is 383. The number of rotatable bonds is 2. The zero-order valence-electron chi connectivity index (χ0n) is 9.50. The molecule has 0 amide bonds. The number of nitrogens with one attached hydrogen (secondary N) is 1. The Kier molecular flexibility index (Phi) is 6.39. The van der Waals surface area contributed by atoms with Gasteiger partial charge in [-0.1, -0.05) is 19.8 Å². The fourth-order valence-electron chi connectivity index (χ4n) is 0.870. The first kappa shape index (κ1) is 13.7. The van der Waals surface area contributed by atoms with Crippen LogP contribution >= 0.6 is 0 Å². The highest BCUT2D eigenvalue weighted by Gasteiger charge is 2.00. The van der Waals surface area contributed by atoms with Crippen molar-refractivity contribution in [3.8, 4) is 12.3 Å². The SMILES string of the molecule is C#Cc1cnc(C)c(NS(C)=O)c1.CC. The molecule has 3 nitrogen and oxygen atoms in total. The molecule has 0 aliphatic heterocycles. The monoisotopic (exact) mass is 224 g/mol. The van der Waals surface area contributed by atoms with E-state index in [4.69, 9.17) is 6.42 Å². The number of aromatic nitrogens is 1. The molecule has 1 unspecified atom stereocenters. The van der Waals surface area contributed by atoms with Gasteiger partial charge in [-0.15, -0.1) is 6.42 Å². The zero-order valence-corrected chi connectivity index (χ0v) is 10.3. The molecule has 0 radical (unpaired) electrons. The lowest BCUT2D eigenvalue weighted by atomic mass is 10.2. The van der Waals surface area contributed by atoms with Crippen molar-refractivity contribution in [3.05, 3.63) is 23.5 Å². The largest absolute Gasteiger partial charge is 0.304 e. The van der Waals surface area contributed by atoms with E-state index in [2.05, 4.69) is 15.6 Å². The highest BCUT2D eigenvalue weighted by Crippen LogP contribution is 2.13. The summed E-state index contributed by atoms with van der Waals surface area (Å²) in [5.74, 6) is 2.47. The summed E-state index contributed by atoms with van der Waals surface area (Å²) in [6, 6.07) is 1.75. The lowest BCUT2D eigenvalue weighted by Gasteiger charge is -2.05. The Labute approximate surface area is 93.9 Å². The van der Waals surface area contributed by atoms with E-state index in [-0.39, 0.29) is 0 Å². The van der Waals surface area contributed by atoms with Crippen LogP contribution in [0.3, 0.4) is 0 Å². The third-order valence-electron chi connectivity index (χ3n) is 1.51. The predicted octanol–water partition coefficient (Wildman–Crippen LogP) is 2.10. The second-order valence-corrected chi connectivity index (χ2v) is 3.67. The van der Waals surface area contributed by atoms with E-state index in [1.54, 1.807) is 18.5 Å². The second-order valence-electron chi connectivity index (χ2n) is 2.56. The Hall–Kier alpha value is -1.34. The van der Waals surface area contributed by atoms with Gasteiger partial charge in [0.2, 0.25) is 0 Å². The second kappa shape index (κ2) is 7.02. The van der Waals surface area contributed by atoms with Gasteiger partial charge in [0, 0.05) is 18.0 Å². The average Bonchev–Trinajstić information content (AvgIpc) is 2.23. The molecule has 1 rings (SSSR count). The third-order valence-corrected chi connectivity index (χ3v) is 2.01. The summed E-state index contributed by atoms with van der Waals surface area (Å²) in [4.78, 5) is 4.06. The van der Waals surface area contributed by atoms with Crippen molar-refractivity contribution in [2.45, 2.75) is 20.8 Å². The molecule has 1 atom stereocenters. The maximum absolute atomic E-state index is 10.9. The summed E-state index contributed by atoms with van der Waals surface area (Å²) >= 11 is 0. The highest BCUT2D eigenvalue weighted by atomic mass is 32.2. The summed E-state index contributed by atoms with van der Waals surface area (Å²) in [5, 5.41) is 0. The first-order valence-electron chi connectivity index (χ1n) is 4.67. The third kappa shape index (κ3) is 4.61. The van der Waals surface area contributed by atoms with Crippen molar-refractivity contribution in [2.75, 3.05) is 11.0 Å². The molecule has 0 aliphatic carbocycles. The van der Waals surface area contributed by atoms with Crippen LogP contribution in [0.25, 0.3) is 0 Å². The molecular weight excluding hydrogens is 208 g/mol. The number of anilines is 1. The van der Waals surface area contributed by atoms with Crippen molar-refractivity contribution in [2.24, 2.45) is 0 Å². The van der Waals surface area contributed by atoms with E-state index in [1.165, 1.54) is 0 Å². The van der Waals surface area contributed by atoms with Crippen molar-refractivity contribution in [1.82, 2.24) is 4.98 Å². The van der Waals surface area contributed by atoms with Crippen LogP contribution in [-0.2, 0) is 11.0 Å². The molecular formula is C11H16N2OS. The van der Waals surface area contributed by atoms with Crippen molar-refractivity contribution >= 4 is 16.7 Å². The summed E-state index contributed by atoms with van der Waals surface area (Å²) in [6.45, 7) is 5.83. The van der Waals surface area contributed by atoms with Crippen LogP contribution in [-0.4, -0.2) is 15.4 Å². The number of pyridine rings is 1. The Morgan fingerprint density at radius 3 is 2.60 bits per heavy atom. The lowest BCUT2D eigenvalue weighted by molar-refractivity contribution is 0.690. The molecule has 0 aliphatic rings. The molecule has 1 N–H and O–H groups in total. The van der Waals surface area contributed by atoms with Gasteiger partial charge in [0.1, 0.15) is 11.0 Å². The van der Waals surface area contributed by atoms with Crippen LogP contribution in [0.4, 0.5) is 5.69 Å². The number of terminal acetylenes is 1. The van der Waals surface area contributed by atoms with Gasteiger partial charge in [-0.2, -0.15) is 0 Å². The molecule has 0 aromatic carbocycles. The van der Waals surface area contributed by atoms with Gasteiger partial charge in [0.05, 0.1) is 11.4 Å². The van der Waals surface area contributed by atoms with E-state index >= 15 is 0 Å². The summed E-state index contributed by atoms with van der Waals surface area (Å²) in [6.07, 6.45) is 8.37. The summed E-state index contributed by atoms with van der Waals surface area (Å²) < 4.78 is 13.6. The van der Waals surface area contributed by atoms with Gasteiger partial charge in [-0.25, -0.2) is 4.21 Å². The molecule has 1 heterocycles. The molecule has 0 fully saturated rings. The lowest BCUT2D eigenvalue weighted by Crippen LogP contribution is -2.04. The smallest absolute Gasteiger partial charge is 0.114 e. The van der Waals surface area contributed by atoms with E-state index in [1.807, 2.05) is 20.8 Å². The van der Waals surface area contributed by atoms with Gasteiger partial charge < -0.3 is 4.72 Å². The molecule has 0 saturated carbocycles. The van der Waals surface area contributed by atoms with Crippen LogP contribution in [0.15, 0.2) is 12.3 Å². The fraction of sp³-hybridized carbons (Fsp3) is 0.364. The molecule has 82 valence electrons. The van der Waals surface area contributed by atoms with Crippen LogP contribution in [0.5, 0.6) is 0 Å². The van der Waals surface area contributed by atoms with Gasteiger partial charge in [-0.3, -0.25) is 4.98 Å². The van der Waals surface area contributed by atoms with Crippen LogP contribution in [0, 0.1) is 19.3 Å². The molecule has 0 saturated heterocycles. The maximum atomic E-state index is 10.9. The normalized spacial score (nSPS) is 10.6. The van der Waals surface area contributed by atoms with E-state index in [9.17, 15) is 4.21 Å². The minimum Gasteiger partial charge on any atom is -0.304 e. The number of hydrogen-bond donors (Lipinski definition) is 1. The average molecular weight is 224 g/mol. The van der Waals surface area contributed by atoms with Crippen LogP contribution in [0.2, 0.25) is 0 Å². The Balaban J connectivity index is 0.000000921. The van der Waals surface area contributed by atoms with Crippen molar-refractivity contribution < 1.29 is 4.21 Å². The van der Waals surface area contributed by atoms with Gasteiger partial charge in [0.15, 0.2) is 0 Å². The maximum Gasteiger partial charge on any atom is 0.114 e. The van der Waals surface area contributed by atoms with E-state index in [0.717, 1.165) is 11.4 Å². The standard InChI is InChI=1S/C9H10N2OS.C2H6/c1-4-8-5-9(11-13(3)12)7(2)10-6-8;1-2/h1,5-6,11H,2-3H3;1-2H3. The summed E-state index contributed by atoms with van der Waals surface area (Å²) in [7, 11) is -1.10. The number of aryl methyl sites for hydroxylation is 1. The van der Waals surface area contributed by atoms with Gasteiger partial charge in [-0.05, 0) is 13.0 Å². The minimum atomic E-state index is -1.10. The van der Waals surface area contributed by atoms with E-state index < -0.39 is 11.0 Å². The van der Waals surface area contributed by atoms with Crippen molar-refractivity contribution in [1.29, 1.82) is 0 Å². The molecule has 4 heteroatoms. The quantitative estimate of drug-likeness (QED) is 0.782. The first-order chi connectivity index (χ1) is 7.13. The van der Waals surface area contributed by atoms with Gasteiger partial charge >= 0.3 is 0 Å². The Morgan fingerprint density at radius 1 is 1.53 bits per heavy atom. The van der Waals surface area contributed by atoms with Crippen LogP contribution in [0.1, 0.15) is 25.1 Å².